The average molecular weight is 343 g/mol. The van der Waals surface area contributed by atoms with E-state index in [1.165, 1.54) is 12.1 Å². The lowest BCUT2D eigenvalue weighted by molar-refractivity contribution is -0.275. The Balaban J connectivity index is 1.92. The normalized spacial score (nSPS) is 20.2. The molecule has 2 unspecified atom stereocenters. The van der Waals surface area contributed by atoms with Crippen molar-refractivity contribution in [2.75, 3.05) is 37.8 Å². The predicted octanol–water partition coefficient (Wildman–Crippen LogP) is 0.803. The maximum atomic E-state index is 13.2. The number of nitrogens with zero attached hydrogens (tertiary/aromatic N) is 4. The van der Waals surface area contributed by atoms with Crippen LogP contribution in [0.1, 0.15) is 17.0 Å². The quantitative estimate of drug-likeness (QED) is 0.796. The largest absolute Gasteiger partial charge is 0.858 e. The summed E-state index contributed by atoms with van der Waals surface area (Å²) in [5, 5.41) is 19.2. The number of halogens is 1. The topological polar surface area (TPSA) is 105 Å². The molecule has 7 nitrogen and oxygen atoms in total. The number of nitrogen functional groups attached to an aromatic ring is 1. The maximum absolute atomic E-state index is 13.2. The van der Waals surface area contributed by atoms with Gasteiger partial charge in [0.25, 0.3) is 0 Å². The summed E-state index contributed by atoms with van der Waals surface area (Å²) in [6.45, 7) is 1.22. The SMILES string of the molecule is CN(C)C1CN(c2nc(N)c(C=N)c([O-])n2)CC1c1ccc(F)cc1. The van der Waals surface area contributed by atoms with Crippen LogP contribution in [0.25, 0.3) is 0 Å². The molecule has 25 heavy (non-hydrogen) atoms. The zero-order valence-corrected chi connectivity index (χ0v) is 14.1. The molecule has 0 bridgehead atoms. The fourth-order valence-corrected chi connectivity index (χ4v) is 3.24. The highest BCUT2D eigenvalue weighted by Gasteiger charge is 2.36. The van der Waals surface area contributed by atoms with Gasteiger partial charge in [-0.05, 0) is 31.8 Å². The standard InChI is InChI=1S/C17H21FN6O/c1-23(2)14-9-24(8-13(14)10-3-5-11(18)6-4-10)17-21-15(20)12(7-19)16(25)22-17/h3-7,13-14,19H,8-9H2,1-2H3,(H3,20,21,22,25)/p-1. The number of benzene rings is 1. The second kappa shape index (κ2) is 6.64. The first-order valence-electron chi connectivity index (χ1n) is 7.92. The van der Waals surface area contributed by atoms with Gasteiger partial charge in [0.15, 0.2) is 0 Å². The molecule has 1 fully saturated rings. The van der Waals surface area contributed by atoms with E-state index in [-0.39, 0.29) is 35.1 Å². The lowest BCUT2D eigenvalue weighted by Gasteiger charge is -2.25. The summed E-state index contributed by atoms with van der Waals surface area (Å²) in [6, 6.07) is 6.63. The first-order valence-corrected chi connectivity index (χ1v) is 7.92. The van der Waals surface area contributed by atoms with Crippen LogP contribution in [0.15, 0.2) is 24.3 Å². The van der Waals surface area contributed by atoms with Gasteiger partial charge in [-0.25, -0.2) is 9.37 Å². The molecule has 1 aromatic heterocycles. The van der Waals surface area contributed by atoms with Gasteiger partial charge in [0, 0.05) is 42.7 Å². The molecule has 0 aliphatic carbocycles. The molecule has 3 rings (SSSR count). The summed E-state index contributed by atoms with van der Waals surface area (Å²) < 4.78 is 13.2. The highest BCUT2D eigenvalue weighted by Crippen LogP contribution is 2.33. The Morgan fingerprint density at radius 1 is 1.28 bits per heavy atom. The second-order valence-electron chi connectivity index (χ2n) is 6.37. The first kappa shape index (κ1) is 17.1. The Kier molecular flexibility index (Phi) is 4.54. The number of nitrogens with two attached hydrogens (primary N) is 1. The van der Waals surface area contributed by atoms with Crippen LogP contribution in [0.4, 0.5) is 16.2 Å². The average Bonchev–Trinajstić information content (AvgIpc) is 3.01. The van der Waals surface area contributed by atoms with Crippen LogP contribution in [0.5, 0.6) is 5.88 Å². The van der Waals surface area contributed by atoms with Crippen molar-refractivity contribution >= 4 is 18.0 Å². The van der Waals surface area contributed by atoms with Gasteiger partial charge in [0.05, 0.1) is 0 Å². The lowest BCUT2D eigenvalue weighted by Crippen LogP contribution is -2.34. The lowest BCUT2D eigenvalue weighted by atomic mass is 9.94. The molecule has 1 aromatic carbocycles. The molecule has 2 atom stereocenters. The van der Waals surface area contributed by atoms with E-state index in [1.54, 1.807) is 12.1 Å². The van der Waals surface area contributed by atoms with E-state index in [4.69, 9.17) is 11.1 Å². The fraction of sp³-hybridized carbons (Fsp3) is 0.353. The Bertz CT molecular complexity index is 756. The third-order valence-corrected chi connectivity index (χ3v) is 4.61. The van der Waals surface area contributed by atoms with Crippen molar-refractivity contribution in [1.82, 2.24) is 14.9 Å². The highest BCUT2D eigenvalue weighted by atomic mass is 19.1. The maximum Gasteiger partial charge on any atom is 0.226 e. The summed E-state index contributed by atoms with van der Waals surface area (Å²) in [5.41, 5.74) is 6.80. The van der Waals surface area contributed by atoms with Crippen LogP contribution in [0.2, 0.25) is 0 Å². The minimum Gasteiger partial charge on any atom is -0.858 e. The second-order valence-corrected chi connectivity index (χ2v) is 6.37. The van der Waals surface area contributed by atoms with E-state index in [9.17, 15) is 9.50 Å². The van der Waals surface area contributed by atoms with Crippen LogP contribution in [-0.4, -0.2) is 54.3 Å². The Hall–Kier alpha value is -2.74. The van der Waals surface area contributed by atoms with Gasteiger partial charge in [0.1, 0.15) is 11.6 Å². The number of rotatable bonds is 4. The Morgan fingerprint density at radius 3 is 2.52 bits per heavy atom. The Labute approximate surface area is 145 Å². The van der Waals surface area contributed by atoms with Gasteiger partial charge in [-0.2, -0.15) is 4.98 Å². The van der Waals surface area contributed by atoms with Gasteiger partial charge in [0.2, 0.25) is 5.95 Å². The molecule has 0 spiro atoms. The van der Waals surface area contributed by atoms with Crippen LogP contribution in [0, 0.1) is 11.2 Å². The Morgan fingerprint density at radius 2 is 1.96 bits per heavy atom. The van der Waals surface area contributed by atoms with Crippen molar-refractivity contribution in [3.8, 4) is 5.88 Å². The molecule has 0 amide bonds. The molecule has 3 N–H and O–H groups in total. The summed E-state index contributed by atoms with van der Waals surface area (Å²) in [6.07, 6.45) is 0.870. The molecule has 1 aliphatic heterocycles. The van der Waals surface area contributed by atoms with Crippen molar-refractivity contribution in [1.29, 1.82) is 5.41 Å². The predicted molar refractivity (Wildman–Crippen MR) is 92.6 cm³/mol. The van der Waals surface area contributed by atoms with Crippen molar-refractivity contribution in [2.45, 2.75) is 12.0 Å². The fourth-order valence-electron chi connectivity index (χ4n) is 3.24. The van der Waals surface area contributed by atoms with Crippen LogP contribution in [-0.2, 0) is 0 Å². The third-order valence-electron chi connectivity index (χ3n) is 4.61. The van der Waals surface area contributed by atoms with Crippen molar-refractivity contribution < 1.29 is 9.50 Å². The van der Waals surface area contributed by atoms with Crippen LogP contribution >= 0.6 is 0 Å². The minimum atomic E-state index is -0.552. The van der Waals surface area contributed by atoms with E-state index in [1.807, 2.05) is 19.0 Å². The molecule has 2 aromatic rings. The smallest absolute Gasteiger partial charge is 0.226 e. The molecule has 2 heterocycles. The number of anilines is 2. The zero-order valence-electron chi connectivity index (χ0n) is 14.1. The van der Waals surface area contributed by atoms with Gasteiger partial charge >= 0.3 is 0 Å². The van der Waals surface area contributed by atoms with E-state index in [0.717, 1.165) is 11.8 Å². The minimum absolute atomic E-state index is 0.00203. The van der Waals surface area contributed by atoms with Crippen LogP contribution in [0.3, 0.4) is 0 Å². The first-order chi connectivity index (χ1) is 11.9. The molecule has 0 saturated carbocycles. The summed E-state index contributed by atoms with van der Waals surface area (Å²) in [5.74, 6) is -0.419. The summed E-state index contributed by atoms with van der Waals surface area (Å²) >= 11 is 0. The van der Waals surface area contributed by atoms with Gasteiger partial charge < -0.3 is 26.0 Å². The van der Waals surface area contributed by atoms with E-state index in [2.05, 4.69) is 14.9 Å². The number of likely N-dealkylation sites (N-methyl/N-ethyl adjacent to an activating group) is 1. The van der Waals surface area contributed by atoms with E-state index in [0.29, 0.717) is 13.1 Å². The third kappa shape index (κ3) is 3.25. The molecule has 8 heteroatoms. The summed E-state index contributed by atoms with van der Waals surface area (Å²) in [7, 11) is 3.97. The molecule has 1 saturated heterocycles. The van der Waals surface area contributed by atoms with Crippen LogP contribution < -0.4 is 15.7 Å². The number of hydrogen-bond acceptors (Lipinski definition) is 7. The summed E-state index contributed by atoms with van der Waals surface area (Å²) in [4.78, 5) is 12.2. The number of hydrogen-bond donors (Lipinski definition) is 2. The molecular formula is C17H20FN6O-. The van der Waals surface area contributed by atoms with Crippen molar-refractivity contribution in [2.24, 2.45) is 0 Å². The molecule has 1 aliphatic rings. The number of aromatic nitrogens is 2. The van der Waals surface area contributed by atoms with Gasteiger partial charge in [-0.15, -0.1) is 0 Å². The molecule has 132 valence electrons. The van der Waals surface area contributed by atoms with Gasteiger partial charge in [-0.1, -0.05) is 12.1 Å². The van der Waals surface area contributed by atoms with E-state index >= 15 is 0 Å². The van der Waals surface area contributed by atoms with Gasteiger partial charge in [-0.3, -0.25) is 0 Å². The number of nitrogens with one attached hydrogen (secondary N) is 1. The zero-order chi connectivity index (χ0) is 18.1. The molecular weight excluding hydrogens is 323 g/mol. The molecule has 0 radical (unpaired) electrons. The van der Waals surface area contributed by atoms with Crippen molar-refractivity contribution in [3.63, 3.8) is 0 Å². The highest BCUT2D eigenvalue weighted by molar-refractivity contribution is 5.86. The monoisotopic (exact) mass is 343 g/mol. The van der Waals surface area contributed by atoms with Crippen molar-refractivity contribution in [3.05, 3.63) is 41.2 Å². The van der Waals surface area contributed by atoms with E-state index < -0.39 is 5.88 Å².